The maximum absolute atomic E-state index is 10.1. The zero-order valence-electron chi connectivity index (χ0n) is 7.76. The topological polar surface area (TPSA) is 20.2 Å². The van der Waals surface area contributed by atoms with Gasteiger partial charge in [0.15, 0.2) is 0 Å². The summed E-state index contributed by atoms with van der Waals surface area (Å²) in [6.07, 6.45) is 0. The molecule has 0 heterocycles. The zero-order valence-corrected chi connectivity index (χ0v) is 7.76. The van der Waals surface area contributed by atoms with Gasteiger partial charge in [0, 0.05) is 5.41 Å². The molecule has 0 spiro atoms. The van der Waals surface area contributed by atoms with Crippen LogP contribution in [0.15, 0.2) is 24.3 Å². The number of benzene rings is 1. The van der Waals surface area contributed by atoms with Crippen LogP contribution in [0.4, 0.5) is 0 Å². The summed E-state index contributed by atoms with van der Waals surface area (Å²) in [5, 5.41) is 10.1. The average Bonchev–Trinajstić information content (AvgIpc) is 2.04. The Morgan fingerprint density at radius 3 is 2.00 bits per heavy atom. The first-order valence-corrected chi connectivity index (χ1v) is 4.30. The molecule has 1 atom stereocenters. The van der Waals surface area contributed by atoms with Gasteiger partial charge >= 0.3 is 0 Å². The molecule has 1 N–H and O–H groups in total. The Hall–Kier alpha value is -0.820. The lowest BCUT2D eigenvalue weighted by molar-refractivity contribution is -0.0456. The van der Waals surface area contributed by atoms with Gasteiger partial charge in [0.05, 0.1) is 5.60 Å². The first-order chi connectivity index (χ1) is 5.48. The van der Waals surface area contributed by atoms with Gasteiger partial charge in [0.2, 0.25) is 0 Å². The van der Waals surface area contributed by atoms with Crippen LogP contribution in [0.1, 0.15) is 31.9 Å². The number of fused-ring (bicyclic) bond motifs is 1. The first-order valence-electron chi connectivity index (χ1n) is 4.30. The van der Waals surface area contributed by atoms with E-state index < -0.39 is 5.60 Å². The van der Waals surface area contributed by atoms with E-state index in [0.29, 0.717) is 0 Å². The van der Waals surface area contributed by atoms with Gasteiger partial charge in [0.25, 0.3) is 0 Å². The van der Waals surface area contributed by atoms with Gasteiger partial charge in [-0.25, -0.2) is 0 Å². The van der Waals surface area contributed by atoms with Crippen molar-refractivity contribution in [2.24, 2.45) is 0 Å². The summed E-state index contributed by atoms with van der Waals surface area (Å²) < 4.78 is 0. The van der Waals surface area contributed by atoms with Gasteiger partial charge in [-0.15, -0.1) is 0 Å². The van der Waals surface area contributed by atoms with E-state index in [2.05, 4.69) is 19.9 Å². The molecule has 1 heteroatoms. The smallest absolute Gasteiger partial charge is 0.0962 e. The van der Waals surface area contributed by atoms with Crippen LogP contribution >= 0.6 is 0 Å². The standard InChI is InChI=1S/C11H14O/c1-10(2)8-6-4-5-7-9(8)11(10,3)12/h4-7,12H,1-3H3. The van der Waals surface area contributed by atoms with Gasteiger partial charge in [0.1, 0.15) is 0 Å². The second-order valence-electron chi connectivity index (χ2n) is 4.24. The number of hydrogen-bond acceptors (Lipinski definition) is 1. The molecule has 1 aromatic rings. The predicted molar refractivity (Wildman–Crippen MR) is 49.0 cm³/mol. The van der Waals surface area contributed by atoms with Gasteiger partial charge in [-0.3, -0.25) is 0 Å². The van der Waals surface area contributed by atoms with E-state index in [-0.39, 0.29) is 5.41 Å². The first kappa shape index (κ1) is 7.81. The summed E-state index contributed by atoms with van der Waals surface area (Å²) in [5.41, 5.74) is 1.61. The Morgan fingerprint density at radius 2 is 1.50 bits per heavy atom. The Morgan fingerprint density at radius 1 is 1.00 bits per heavy atom. The van der Waals surface area contributed by atoms with E-state index in [9.17, 15) is 5.11 Å². The maximum Gasteiger partial charge on any atom is 0.0962 e. The van der Waals surface area contributed by atoms with Crippen LogP contribution in [0, 0.1) is 0 Å². The average molecular weight is 162 g/mol. The molecule has 0 aromatic heterocycles. The molecular weight excluding hydrogens is 148 g/mol. The van der Waals surface area contributed by atoms with E-state index in [1.807, 2.05) is 25.1 Å². The molecule has 0 fully saturated rings. The van der Waals surface area contributed by atoms with E-state index in [1.54, 1.807) is 0 Å². The van der Waals surface area contributed by atoms with Crippen molar-refractivity contribution in [2.75, 3.05) is 0 Å². The van der Waals surface area contributed by atoms with Crippen LogP contribution < -0.4 is 0 Å². The summed E-state index contributed by atoms with van der Waals surface area (Å²) in [4.78, 5) is 0. The fraction of sp³-hybridized carbons (Fsp3) is 0.455. The van der Waals surface area contributed by atoms with Crippen LogP contribution in [-0.4, -0.2) is 5.11 Å². The maximum atomic E-state index is 10.1. The number of rotatable bonds is 0. The minimum atomic E-state index is -0.649. The summed E-state index contributed by atoms with van der Waals surface area (Å²) in [6.45, 7) is 6.04. The van der Waals surface area contributed by atoms with Gasteiger partial charge in [-0.05, 0) is 18.1 Å². The molecule has 12 heavy (non-hydrogen) atoms. The quantitative estimate of drug-likeness (QED) is 0.620. The molecule has 1 nitrogen and oxygen atoms in total. The van der Waals surface area contributed by atoms with Crippen molar-refractivity contribution in [3.63, 3.8) is 0 Å². The molecule has 1 unspecified atom stereocenters. The van der Waals surface area contributed by atoms with Crippen molar-refractivity contribution >= 4 is 0 Å². The lowest BCUT2D eigenvalue weighted by Gasteiger charge is -2.52. The molecule has 0 saturated carbocycles. The van der Waals surface area contributed by atoms with Crippen LogP contribution in [0.3, 0.4) is 0 Å². The highest BCUT2D eigenvalue weighted by Crippen LogP contribution is 2.53. The summed E-state index contributed by atoms with van der Waals surface area (Å²) >= 11 is 0. The Labute approximate surface area is 73.0 Å². The third-order valence-corrected chi connectivity index (χ3v) is 3.34. The summed E-state index contributed by atoms with van der Waals surface area (Å²) in [6, 6.07) is 8.09. The van der Waals surface area contributed by atoms with Crippen molar-refractivity contribution in [2.45, 2.75) is 31.8 Å². The van der Waals surface area contributed by atoms with Gasteiger partial charge in [-0.1, -0.05) is 38.1 Å². The lowest BCUT2D eigenvalue weighted by atomic mass is 9.56. The second-order valence-corrected chi connectivity index (χ2v) is 4.24. The van der Waals surface area contributed by atoms with Crippen LogP contribution in [-0.2, 0) is 11.0 Å². The second kappa shape index (κ2) is 1.91. The molecule has 1 aromatic carbocycles. The van der Waals surface area contributed by atoms with Crippen molar-refractivity contribution in [3.8, 4) is 0 Å². The molecule has 2 rings (SSSR count). The molecule has 0 bridgehead atoms. The lowest BCUT2D eigenvalue weighted by Crippen LogP contribution is -2.52. The van der Waals surface area contributed by atoms with Crippen LogP contribution in [0.2, 0.25) is 0 Å². The van der Waals surface area contributed by atoms with Crippen LogP contribution in [0.25, 0.3) is 0 Å². The summed E-state index contributed by atoms with van der Waals surface area (Å²) in [7, 11) is 0. The molecule has 0 radical (unpaired) electrons. The van der Waals surface area contributed by atoms with Gasteiger partial charge in [-0.2, -0.15) is 0 Å². The fourth-order valence-corrected chi connectivity index (χ4v) is 1.99. The molecule has 0 aliphatic heterocycles. The highest BCUT2D eigenvalue weighted by atomic mass is 16.3. The highest BCUT2D eigenvalue weighted by Gasteiger charge is 2.52. The zero-order chi connectivity index (χ0) is 8.98. The molecule has 1 aliphatic rings. The third-order valence-electron chi connectivity index (χ3n) is 3.34. The normalized spacial score (nSPS) is 30.7. The Bertz CT molecular complexity index is 291. The van der Waals surface area contributed by atoms with Gasteiger partial charge < -0.3 is 5.11 Å². The number of hydrogen-bond donors (Lipinski definition) is 1. The summed E-state index contributed by atoms with van der Waals surface area (Å²) in [5.74, 6) is 0. The molecule has 0 saturated heterocycles. The third kappa shape index (κ3) is 0.632. The molecule has 0 amide bonds. The van der Waals surface area contributed by atoms with E-state index in [0.717, 1.165) is 5.56 Å². The Kier molecular flexibility index (Phi) is 1.24. The van der Waals surface area contributed by atoms with E-state index in [1.165, 1.54) is 5.56 Å². The minimum absolute atomic E-state index is 0.0937. The van der Waals surface area contributed by atoms with E-state index in [4.69, 9.17) is 0 Å². The molecule has 1 aliphatic carbocycles. The SMILES string of the molecule is CC1(C)c2ccccc2C1(C)O. The fourth-order valence-electron chi connectivity index (χ4n) is 1.99. The van der Waals surface area contributed by atoms with Crippen molar-refractivity contribution < 1.29 is 5.11 Å². The predicted octanol–water partition coefficient (Wildman–Crippen LogP) is 2.19. The van der Waals surface area contributed by atoms with Crippen molar-refractivity contribution in [3.05, 3.63) is 35.4 Å². The van der Waals surface area contributed by atoms with Crippen LogP contribution in [0.5, 0.6) is 0 Å². The largest absolute Gasteiger partial charge is 0.385 e. The highest BCUT2D eigenvalue weighted by molar-refractivity contribution is 5.50. The van der Waals surface area contributed by atoms with E-state index >= 15 is 0 Å². The minimum Gasteiger partial charge on any atom is -0.385 e. The molecule has 64 valence electrons. The molecular formula is C11H14O. The monoisotopic (exact) mass is 162 g/mol. The van der Waals surface area contributed by atoms with Crippen molar-refractivity contribution in [1.82, 2.24) is 0 Å². The Balaban J connectivity index is 2.64. The number of aliphatic hydroxyl groups is 1. The van der Waals surface area contributed by atoms with Crippen molar-refractivity contribution in [1.29, 1.82) is 0 Å².